The van der Waals surface area contributed by atoms with E-state index in [1.54, 1.807) is 0 Å². The second-order valence-corrected chi connectivity index (χ2v) is 1.34. The third kappa shape index (κ3) is 385. The van der Waals surface area contributed by atoms with Crippen molar-refractivity contribution in [2.75, 3.05) is 0 Å². The van der Waals surface area contributed by atoms with Crippen LogP contribution in [0.5, 0.6) is 0 Å². The molecule has 0 aromatic rings. The molecule has 7 heavy (non-hydrogen) atoms. The Balaban J connectivity index is -0.0000000800. The molecule has 0 aliphatic heterocycles. The van der Waals surface area contributed by atoms with E-state index in [0.29, 0.717) is 0 Å². The Morgan fingerprint density at radius 1 is 1.14 bits per heavy atom. The summed E-state index contributed by atoms with van der Waals surface area (Å²) in [6.07, 6.45) is 0. The van der Waals surface area contributed by atoms with Crippen molar-refractivity contribution in [2.24, 2.45) is 0 Å². The van der Waals surface area contributed by atoms with Crippen molar-refractivity contribution >= 4 is 7.82 Å². The topological polar surface area (TPSA) is 118 Å². The molecule has 0 fully saturated rings. The average Bonchev–Trinajstić information content (AvgIpc) is 0.722. The molecule has 0 aromatic carbocycles. The Bertz CT molecular complexity index is 54.2. The van der Waals surface area contributed by atoms with Gasteiger partial charge in [-0.3, -0.25) is 0 Å². The summed E-state index contributed by atoms with van der Waals surface area (Å²) in [6.45, 7) is 0. The third-order valence-corrected chi connectivity index (χ3v) is 0. The van der Waals surface area contributed by atoms with Gasteiger partial charge in [-0.15, -0.1) is 0 Å². The number of rotatable bonds is 0. The van der Waals surface area contributed by atoms with Crippen molar-refractivity contribution in [3.8, 4) is 0 Å². The average molecular weight is 165 g/mol. The predicted octanol–water partition coefficient (Wildman–Crippen LogP) is -3.65. The van der Waals surface area contributed by atoms with Gasteiger partial charge in [0.05, 0.1) is 0 Å². The molecule has 1 radical (unpaired) electrons. The van der Waals surface area contributed by atoms with Gasteiger partial charge in [-0.05, 0) is 0 Å². The fourth-order valence-corrected chi connectivity index (χ4v) is 0. The van der Waals surface area contributed by atoms with Crippen molar-refractivity contribution in [2.45, 2.75) is 0 Å². The van der Waals surface area contributed by atoms with Crippen LogP contribution in [-0.2, 0) is 21.9 Å². The predicted molar refractivity (Wildman–Crippen MR) is 11.2 cm³/mol. The fourth-order valence-electron chi connectivity index (χ4n) is 0. The molecule has 7 heteroatoms. The fraction of sp³-hybridized carbons (Fsp3) is 0. The summed E-state index contributed by atoms with van der Waals surface area (Å²) in [4.78, 5) is 25.6. The van der Waals surface area contributed by atoms with Gasteiger partial charge in [-0.1, -0.05) is 0 Å². The van der Waals surface area contributed by atoms with E-state index in [-0.39, 0.29) is 22.8 Å². The molecule has 43 valence electrons. The maximum absolute atomic E-state index is 8.55. The summed E-state index contributed by atoms with van der Waals surface area (Å²) in [5.41, 5.74) is 0. The Labute approximate surface area is 50.7 Å². The van der Waals surface area contributed by atoms with Gasteiger partial charge in [0, 0.05) is 0 Å². The van der Waals surface area contributed by atoms with Gasteiger partial charge in [0.25, 0.3) is 0 Å². The van der Waals surface area contributed by atoms with E-state index in [1.807, 2.05) is 0 Å². The van der Waals surface area contributed by atoms with E-state index in [9.17, 15) is 0 Å². The minimum Gasteiger partial charge on any atom is -0.822 e. The zero-order valence-electron chi connectivity index (χ0n) is 2.99. The first-order chi connectivity index (χ1) is 2.00. The normalized spacial score (nSPS) is 8.43. The second kappa shape index (κ2) is 4.75. The first-order valence-corrected chi connectivity index (χ1v) is 2.19. The van der Waals surface area contributed by atoms with Gasteiger partial charge in [0.15, 0.2) is 0 Å². The van der Waals surface area contributed by atoms with Crippen LogP contribution in [0.25, 0.3) is 0 Å². The standard InChI is InChI=1S/Cr.H3O4P.H2O/c;1-5(2,3)4;/h;(H3,1,2,3,4);1H2/q+3;;/p-3. The molecule has 0 amide bonds. The zero-order chi connectivity index (χ0) is 4.50. The van der Waals surface area contributed by atoms with Gasteiger partial charge < -0.3 is 24.7 Å². The Morgan fingerprint density at radius 2 is 1.14 bits per heavy atom. The number of hydrogen-bond acceptors (Lipinski definition) is 4. The summed E-state index contributed by atoms with van der Waals surface area (Å²) in [5, 5.41) is 0. The summed E-state index contributed by atoms with van der Waals surface area (Å²) in [5.74, 6) is 0. The number of phosphoric acid groups is 1. The van der Waals surface area contributed by atoms with Crippen LogP contribution in [0.15, 0.2) is 0 Å². The smallest absolute Gasteiger partial charge is 0.822 e. The van der Waals surface area contributed by atoms with Gasteiger partial charge in [-0.2, -0.15) is 7.82 Å². The molecule has 0 unspecified atom stereocenters. The van der Waals surface area contributed by atoms with Gasteiger partial charge >= 0.3 is 17.4 Å². The van der Waals surface area contributed by atoms with Crippen LogP contribution in [0.1, 0.15) is 0 Å². The summed E-state index contributed by atoms with van der Waals surface area (Å²) >= 11 is 0. The maximum Gasteiger partial charge on any atom is 3.00 e. The largest absolute Gasteiger partial charge is 3.00 e. The molecule has 0 bridgehead atoms. The van der Waals surface area contributed by atoms with Crippen molar-refractivity contribution in [3.05, 3.63) is 0 Å². The molecular weight excluding hydrogens is 163 g/mol. The van der Waals surface area contributed by atoms with Crippen molar-refractivity contribution in [1.82, 2.24) is 0 Å². The zero-order valence-corrected chi connectivity index (χ0v) is 5.16. The molecule has 0 aliphatic carbocycles. The quantitative estimate of drug-likeness (QED) is 0.343. The van der Waals surface area contributed by atoms with Crippen LogP contribution >= 0.6 is 7.82 Å². The summed E-state index contributed by atoms with van der Waals surface area (Å²) in [6, 6.07) is 0. The second-order valence-electron chi connectivity index (χ2n) is 0.447. The van der Waals surface area contributed by atoms with E-state index < -0.39 is 7.82 Å². The Kier molecular flexibility index (Phi) is 10.6. The van der Waals surface area contributed by atoms with Gasteiger partial charge in [0.2, 0.25) is 0 Å². The van der Waals surface area contributed by atoms with E-state index in [4.69, 9.17) is 19.2 Å². The van der Waals surface area contributed by atoms with Gasteiger partial charge in [0.1, 0.15) is 0 Å². The van der Waals surface area contributed by atoms with Crippen LogP contribution in [-0.4, -0.2) is 5.48 Å². The molecule has 0 atom stereocenters. The van der Waals surface area contributed by atoms with E-state index in [0.717, 1.165) is 0 Å². The van der Waals surface area contributed by atoms with Crippen LogP contribution in [0, 0.1) is 0 Å². The first kappa shape index (κ1) is 15.6. The SMILES string of the molecule is O.O=P([O-])([O-])[O-].[Cr+3]. The van der Waals surface area contributed by atoms with Gasteiger partial charge in [-0.25, -0.2) is 0 Å². The third-order valence-electron chi connectivity index (χ3n) is 0. The molecule has 0 saturated carbocycles. The monoisotopic (exact) mass is 165 g/mol. The molecule has 0 aromatic heterocycles. The molecule has 0 heterocycles. The van der Waals surface area contributed by atoms with Crippen LogP contribution in [0.2, 0.25) is 0 Å². The maximum atomic E-state index is 8.55. The summed E-state index contributed by atoms with van der Waals surface area (Å²) in [7, 11) is -5.39. The molecule has 0 aliphatic rings. The molecule has 0 saturated heterocycles. The minimum absolute atomic E-state index is 0. The van der Waals surface area contributed by atoms with Crippen LogP contribution in [0.3, 0.4) is 0 Å². The van der Waals surface area contributed by atoms with Crippen molar-refractivity contribution in [3.63, 3.8) is 0 Å². The van der Waals surface area contributed by atoms with Crippen LogP contribution in [0.4, 0.5) is 0 Å². The Hall–Kier alpha value is 0.602. The molecule has 0 rings (SSSR count). The van der Waals surface area contributed by atoms with Crippen LogP contribution < -0.4 is 14.7 Å². The number of hydrogen-bond donors (Lipinski definition) is 0. The minimum atomic E-state index is -5.39. The molecule has 2 N–H and O–H groups in total. The molecule has 5 nitrogen and oxygen atoms in total. The van der Waals surface area contributed by atoms with E-state index in [1.165, 1.54) is 0 Å². The molecular formula is H2CrO5P. The first-order valence-electron chi connectivity index (χ1n) is 0.730. The van der Waals surface area contributed by atoms with Crippen molar-refractivity contribution < 1.29 is 42.1 Å². The van der Waals surface area contributed by atoms with Crippen molar-refractivity contribution in [1.29, 1.82) is 0 Å². The van der Waals surface area contributed by atoms with E-state index in [2.05, 4.69) is 0 Å². The Morgan fingerprint density at radius 3 is 1.14 bits per heavy atom. The molecule has 0 spiro atoms. The van der Waals surface area contributed by atoms with E-state index >= 15 is 0 Å². The summed E-state index contributed by atoms with van der Waals surface area (Å²) < 4.78 is 8.55.